The zero-order valence-corrected chi connectivity index (χ0v) is 16.5. The Morgan fingerprint density at radius 1 is 1.07 bits per heavy atom. The summed E-state index contributed by atoms with van der Waals surface area (Å²) < 4.78 is 0. The van der Waals surface area contributed by atoms with Crippen LogP contribution < -0.4 is 15.8 Å². The Balaban J connectivity index is 1.74. The molecule has 0 bridgehead atoms. The Kier molecular flexibility index (Phi) is 5.67. The second-order valence-electron chi connectivity index (χ2n) is 6.70. The number of aliphatic hydroxyl groups is 1. The van der Waals surface area contributed by atoms with Gasteiger partial charge in [-0.05, 0) is 31.2 Å². The van der Waals surface area contributed by atoms with Gasteiger partial charge in [0.2, 0.25) is 0 Å². The van der Waals surface area contributed by atoms with Crippen molar-refractivity contribution in [1.29, 1.82) is 0 Å². The van der Waals surface area contributed by atoms with E-state index in [0.29, 0.717) is 29.1 Å². The second kappa shape index (κ2) is 8.71. The molecule has 2 heterocycles. The topological polar surface area (TPSA) is 107 Å². The number of hydrogen-bond donors (Lipinski definition) is 3. The van der Waals surface area contributed by atoms with Crippen LogP contribution in [-0.2, 0) is 0 Å². The molecule has 0 radical (unpaired) electrons. The van der Waals surface area contributed by atoms with Gasteiger partial charge in [0.25, 0.3) is 5.56 Å². The van der Waals surface area contributed by atoms with Crippen LogP contribution in [0.1, 0.15) is 6.92 Å². The normalized spacial score (nSPS) is 10.9. The van der Waals surface area contributed by atoms with Crippen molar-refractivity contribution in [3.05, 3.63) is 71.1 Å². The van der Waals surface area contributed by atoms with Gasteiger partial charge >= 0.3 is 0 Å². The predicted molar refractivity (Wildman–Crippen MR) is 118 cm³/mol. The van der Waals surface area contributed by atoms with Crippen molar-refractivity contribution in [2.24, 2.45) is 0 Å². The minimum absolute atomic E-state index is 0.0971. The first-order valence-corrected chi connectivity index (χ1v) is 9.73. The zero-order valence-electron chi connectivity index (χ0n) is 16.5. The highest BCUT2D eigenvalue weighted by atomic mass is 16.3. The third kappa shape index (κ3) is 3.99. The van der Waals surface area contributed by atoms with Gasteiger partial charge < -0.3 is 15.3 Å². The first-order chi connectivity index (χ1) is 14.7. The summed E-state index contributed by atoms with van der Waals surface area (Å²) in [6, 6.07) is 17.4. The number of nitrogens with one attached hydrogen (secondary N) is 2. The van der Waals surface area contributed by atoms with Gasteiger partial charge in [0.1, 0.15) is 16.7 Å². The molecule has 0 spiro atoms. The van der Waals surface area contributed by atoms with Gasteiger partial charge in [-0.25, -0.2) is 15.1 Å². The number of benzene rings is 2. The molecule has 0 saturated carbocycles. The zero-order chi connectivity index (χ0) is 20.9. The molecule has 2 aromatic heterocycles. The van der Waals surface area contributed by atoms with Crippen molar-refractivity contribution in [2.75, 3.05) is 29.9 Å². The SMILES string of the molecule is CCN(CCO)c1ccc(Nc2nc(-c3ccccc3)nc3cn[nH]c(=O)c23)cc1. The number of aromatic amines is 1. The molecule has 0 amide bonds. The molecule has 0 aliphatic carbocycles. The number of rotatable bonds is 7. The van der Waals surface area contributed by atoms with E-state index in [-0.39, 0.29) is 12.2 Å². The Morgan fingerprint density at radius 2 is 1.83 bits per heavy atom. The van der Waals surface area contributed by atoms with Crippen LogP contribution in [0.25, 0.3) is 22.3 Å². The molecule has 0 atom stereocenters. The fourth-order valence-electron chi connectivity index (χ4n) is 3.29. The van der Waals surface area contributed by atoms with Gasteiger partial charge in [0.05, 0.1) is 12.8 Å². The van der Waals surface area contributed by atoms with Crippen molar-refractivity contribution in [3.63, 3.8) is 0 Å². The summed E-state index contributed by atoms with van der Waals surface area (Å²) in [4.78, 5) is 23.6. The Bertz CT molecular complexity index is 1190. The summed E-state index contributed by atoms with van der Waals surface area (Å²) in [5.74, 6) is 0.924. The van der Waals surface area contributed by atoms with E-state index < -0.39 is 0 Å². The van der Waals surface area contributed by atoms with Gasteiger partial charge in [-0.1, -0.05) is 30.3 Å². The number of fused-ring (bicyclic) bond motifs is 1. The minimum Gasteiger partial charge on any atom is -0.395 e. The quantitative estimate of drug-likeness (QED) is 0.436. The summed E-state index contributed by atoms with van der Waals surface area (Å²) in [7, 11) is 0. The number of hydrogen-bond acceptors (Lipinski definition) is 7. The molecule has 0 aliphatic rings. The summed E-state index contributed by atoms with van der Waals surface area (Å²) in [6.07, 6.45) is 1.52. The summed E-state index contributed by atoms with van der Waals surface area (Å²) in [5, 5.41) is 19.1. The lowest BCUT2D eigenvalue weighted by Crippen LogP contribution is -2.25. The van der Waals surface area contributed by atoms with Crippen LogP contribution in [0.5, 0.6) is 0 Å². The molecule has 0 saturated heterocycles. The first kappa shape index (κ1) is 19.5. The van der Waals surface area contributed by atoms with Crippen LogP contribution >= 0.6 is 0 Å². The molecular weight excluding hydrogens is 380 g/mol. The number of H-pyrrole nitrogens is 1. The Labute approximate surface area is 173 Å². The number of aliphatic hydroxyl groups excluding tert-OH is 1. The molecule has 152 valence electrons. The maximum atomic E-state index is 12.4. The lowest BCUT2D eigenvalue weighted by atomic mass is 10.2. The van der Waals surface area contributed by atoms with Crippen molar-refractivity contribution < 1.29 is 5.11 Å². The van der Waals surface area contributed by atoms with Crippen molar-refractivity contribution in [3.8, 4) is 11.4 Å². The Hall–Kier alpha value is -3.78. The molecule has 8 nitrogen and oxygen atoms in total. The predicted octanol–water partition coefficient (Wildman–Crippen LogP) is 2.94. The lowest BCUT2D eigenvalue weighted by Gasteiger charge is -2.22. The second-order valence-corrected chi connectivity index (χ2v) is 6.70. The van der Waals surface area contributed by atoms with E-state index in [1.165, 1.54) is 6.20 Å². The maximum absolute atomic E-state index is 12.4. The molecule has 3 N–H and O–H groups in total. The molecule has 4 rings (SSSR count). The van der Waals surface area contributed by atoms with E-state index >= 15 is 0 Å². The van der Waals surface area contributed by atoms with Crippen molar-refractivity contribution in [2.45, 2.75) is 6.92 Å². The van der Waals surface area contributed by atoms with E-state index in [2.05, 4.69) is 30.4 Å². The van der Waals surface area contributed by atoms with E-state index in [1.807, 2.05) is 61.5 Å². The fourth-order valence-corrected chi connectivity index (χ4v) is 3.29. The van der Waals surface area contributed by atoms with Crippen LogP contribution in [0.4, 0.5) is 17.2 Å². The molecule has 2 aromatic carbocycles. The highest BCUT2D eigenvalue weighted by molar-refractivity contribution is 5.91. The number of anilines is 3. The molecule has 0 fully saturated rings. The first-order valence-electron chi connectivity index (χ1n) is 9.73. The van der Waals surface area contributed by atoms with E-state index in [9.17, 15) is 9.90 Å². The van der Waals surface area contributed by atoms with Crippen molar-refractivity contribution >= 4 is 28.1 Å². The largest absolute Gasteiger partial charge is 0.395 e. The number of aromatic nitrogens is 4. The fraction of sp³-hybridized carbons (Fsp3) is 0.182. The van der Waals surface area contributed by atoms with E-state index in [4.69, 9.17) is 0 Å². The van der Waals surface area contributed by atoms with Gasteiger partial charge in [-0.3, -0.25) is 4.79 Å². The van der Waals surface area contributed by atoms with Gasteiger partial charge in [0.15, 0.2) is 5.82 Å². The van der Waals surface area contributed by atoms with Crippen LogP contribution in [0.2, 0.25) is 0 Å². The van der Waals surface area contributed by atoms with Crippen LogP contribution in [0.15, 0.2) is 65.6 Å². The Morgan fingerprint density at radius 3 is 2.53 bits per heavy atom. The lowest BCUT2D eigenvalue weighted by molar-refractivity contribution is 0.302. The molecule has 8 heteroatoms. The highest BCUT2D eigenvalue weighted by Gasteiger charge is 2.13. The van der Waals surface area contributed by atoms with Crippen LogP contribution in [0.3, 0.4) is 0 Å². The molecule has 0 aliphatic heterocycles. The van der Waals surface area contributed by atoms with Crippen molar-refractivity contribution in [1.82, 2.24) is 20.2 Å². The smallest absolute Gasteiger partial charge is 0.277 e. The number of likely N-dealkylation sites (N-methyl/N-ethyl adjacent to an activating group) is 1. The third-order valence-corrected chi connectivity index (χ3v) is 4.80. The highest BCUT2D eigenvalue weighted by Crippen LogP contribution is 2.26. The third-order valence-electron chi connectivity index (χ3n) is 4.80. The molecule has 4 aromatic rings. The molecule has 0 unspecified atom stereocenters. The van der Waals surface area contributed by atoms with Crippen LogP contribution in [0, 0.1) is 0 Å². The average Bonchev–Trinajstić information content (AvgIpc) is 2.78. The standard InChI is InChI=1S/C22H22N6O2/c1-2-28(12-13-29)17-10-8-16(9-11-17)24-21-19-18(14-23-27-22(19)30)25-20(26-21)15-6-4-3-5-7-15/h3-11,14,29H,2,12-13H2,1H3,(H,27,30)(H,24,25,26). The van der Waals surface area contributed by atoms with E-state index in [1.54, 1.807) is 0 Å². The summed E-state index contributed by atoms with van der Waals surface area (Å²) in [5.41, 5.74) is 2.75. The summed E-state index contributed by atoms with van der Waals surface area (Å²) in [6.45, 7) is 3.51. The monoisotopic (exact) mass is 402 g/mol. The van der Waals surface area contributed by atoms with Gasteiger partial charge in [0, 0.05) is 30.0 Å². The summed E-state index contributed by atoms with van der Waals surface area (Å²) >= 11 is 0. The van der Waals surface area contributed by atoms with Crippen LogP contribution in [-0.4, -0.2) is 45.0 Å². The van der Waals surface area contributed by atoms with Gasteiger partial charge in [-0.15, -0.1) is 0 Å². The average molecular weight is 402 g/mol. The number of nitrogens with zero attached hydrogens (tertiary/aromatic N) is 4. The van der Waals surface area contributed by atoms with E-state index in [0.717, 1.165) is 23.5 Å². The molecule has 30 heavy (non-hydrogen) atoms. The maximum Gasteiger partial charge on any atom is 0.277 e. The van der Waals surface area contributed by atoms with Gasteiger partial charge in [-0.2, -0.15) is 5.10 Å². The minimum atomic E-state index is -0.355. The molecular formula is C22H22N6O2.